The fourth-order valence-electron chi connectivity index (χ4n) is 2.08. The zero-order valence-corrected chi connectivity index (χ0v) is 13.4. The van der Waals surface area contributed by atoms with E-state index in [0.29, 0.717) is 6.04 Å². The molecule has 19 heavy (non-hydrogen) atoms. The lowest BCUT2D eigenvalue weighted by Crippen LogP contribution is -2.23. The van der Waals surface area contributed by atoms with Crippen LogP contribution in [0.3, 0.4) is 0 Å². The summed E-state index contributed by atoms with van der Waals surface area (Å²) < 4.78 is 1.14. The van der Waals surface area contributed by atoms with Gasteiger partial charge in [0.15, 0.2) is 0 Å². The molecule has 1 atom stereocenters. The molecular weight excluding hydrogens is 300 g/mol. The molecule has 0 bridgehead atoms. The van der Waals surface area contributed by atoms with Crippen molar-refractivity contribution in [1.29, 1.82) is 0 Å². The minimum Gasteiger partial charge on any atom is -0.364 e. The summed E-state index contributed by atoms with van der Waals surface area (Å²) >= 11 is 3.67. The summed E-state index contributed by atoms with van der Waals surface area (Å²) in [5.74, 6) is 0. The molecule has 0 saturated carbocycles. The molecule has 0 aliphatic carbocycles. The van der Waals surface area contributed by atoms with Gasteiger partial charge in [0.25, 0.3) is 0 Å². The molecule has 3 heteroatoms. The minimum absolute atomic E-state index is 0.348. The molecule has 0 fully saturated rings. The molecule has 1 aromatic rings. The second-order valence-electron chi connectivity index (χ2n) is 4.47. The Balaban J connectivity index is 2.96. The van der Waals surface area contributed by atoms with Crippen molar-refractivity contribution in [3.05, 3.63) is 53.5 Å². The van der Waals surface area contributed by atoms with Crippen LogP contribution >= 0.6 is 15.9 Å². The number of hydrogen-bond acceptors (Lipinski definition) is 2. The molecule has 1 unspecified atom stereocenters. The van der Waals surface area contributed by atoms with Crippen molar-refractivity contribution in [2.75, 3.05) is 24.5 Å². The first-order valence-electron chi connectivity index (χ1n) is 6.63. The van der Waals surface area contributed by atoms with Gasteiger partial charge < -0.3 is 10.2 Å². The number of rotatable bonds is 8. The number of halogens is 1. The molecule has 0 aliphatic heterocycles. The summed E-state index contributed by atoms with van der Waals surface area (Å²) in [6.45, 7) is 14.5. The van der Waals surface area contributed by atoms with E-state index in [9.17, 15) is 0 Å². The molecule has 2 nitrogen and oxygen atoms in total. The fraction of sp³-hybridized carbons (Fsp3) is 0.375. The Morgan fingerprint density at radius 1 is 1.32 bits per heavy atom. The van der Waals surface area contributed by atoms with Gasteiger partial charge in [-0.25, -0.2) is 0 Å². The Morgan fingerprint density at radius 3 is 2.42 bits per heavy atom. The first kappa shape index (κ1) is 16.0. The Kier molecular flexibility index (Phi) is 6.89. The van der Waals surface area contributed by atoms with Crippen LogP contribution in [0.15, 0.2) is 48.0 Å². The van der Waals surface area contributed by atoms with Crippen LogP contribution in [0.5, 0.6) is 0 Å². The Hall–Kier alpha value is -1.06. The van der Waals surface area contributed by atoms with Gasteiger partial charge in [-0.15, -0.1) is 13.2 Å². The monoisotopic (exact) mass is 322 g/mol. The van der Waals surface area contributed by atoms with Gasteiger partial charge >= 0.3 is 0 Å². The average molecular weight is 323 g/mol. The van der Waals surface area contributed by atoms with Crippen LogP contribution in [0.4, 0.5) is 5.69 Å². The SMILES string of the molecule is C=CCN(CC=C)c1ccc(C(C)NCC)c(Br)c1. The molecule has 0 heterocycles. The molecule has 104 valence electrons. The van der Waals surface area contributed by atoms with Crippen LogP contribution < -0.4 is 10.2 Å². The third-order valence-electron chi connectivity index (χ3n) is 3.02. The summed E-state index contributed by atoms with van der Waals surface area (Å²) in [7, 11) is 0. The summed E-state index contributed by atoms with van der Waals surface area (Å²) in [5.41, 5.74) is 2.46. The van der Waals surface area contributed by atoms with Gasteiger partial charge in [0.2, 0.25) is 0 Å². The first-order valence-corrected chi connectivity index (χ1v) is 7.42. The second kappa shape index (κ2) is 8.18. The predicted octanol–water partition coefficient (Wildman–Crippen LogP) is 4.30. The van der Waals surface area contributed by atoms with Crippen LogP contribution in [-0.2, 0) is 0 Å². The second-order valence-corrected chi connectivity index (χ2v) is 5.32. The zero-order chi connectivity index (χ0) is 14.3. The van der Waals surface area contributed by atoms with Crippen molar-refractivity contribution in [2.45, 2.75) is 19.9 Å². The largest absolute Gasteiger partial charge is 0.364 e. The van der Waals surface area contributed by atoms with Gasteiger partial charge in [-0.3, -0.25) is 0 Å². The quantitative estimate of drug-likeness (QED) is 0.718. The maximum Gasteiger partial charge on any atom is 0.0383 e. The molecule has 0 radical (unpaired) electrons. The smallest absolute Gasteiger partial charge is 0.0383 e. The third kappa shape index (κ3) is 4.51. The lowest BCUT2D eigenvalue weighted by molar-refractivity contribution is 0.596. The van der Waals surface area contributed by atoms with Crippen molar-refractivity contribution in [2.24, 2.45) is 0 Å². The van der Waals surface area contributed by atoms with Crippen molar-refractivity contribution in [3.63, 3.8) is 0 Å². The lowest BCUT2D eigenvalue weighted by Gasteiger charge is -2.23. The van der Waals surface area contributed by atoms with Gasteiger partial charge in [0, 0.05) is 29.3 Å². The molecule has 0 aliphatic rings. The van der Waals surface area contributed by atoms with Crippen LogP contribution in [0.25, 0.3) is 0 Å². The number of nitrogens with one attached hydrogen (secondary N) is 1. The van der Waals surface area contributed by atoms with Gasteiger partial charge in [-0.2, -0.15) is 0 Å². The number of anilines is 1. The van der Waals surface area contributed by atoms with E-state index in [1.807, 2.05) is 12.2 Å². The molecule has 0 saturated heterocycles. The van der Waals surface area contributed by atoms with Crippen molar-refractivity contribution in [1.82, 2.24) is 5.32 Å². The zero-order valence-electron chi connectivity index (χ0n) is 11.8. The Labute approximate surface area is 125 Å². The summed E-state index contributed by atoms with van der Waals surface area (Å²) in [4.78, 5) is 2.23. The molecule has 0 aromatic heterocycles. The molecule has 1 rings (SSSR count). The Morgan fingerprint density at radius 2 is 1.95 bits per heavy atom. The molecular formula is C16H23BrN2. The molecule has 0 spiro atoms. The van der Waals surface area contributed by atoms with Gasteiger partial charge in [0.1, 0.15) is 0 Å². The highest BCUT2D eigenvalue weighted by Crippen LogP contribution is 2.28. The molecule has 1 N–H and O–H groups in total. The molecule has 1 aromatic carbocycles. The summed E-state index contributed by atoms with van der Waals surface area (Å²) in [5, 5.41) is 3.43. The van der Waals surface area contributed by atoms with Crippen molar-refractivity contribution < 1.29 is 0 Å². The van der Waals surface area contributed by atoms with Gasteiger partial charge in [-0.05, 0) is 31.2 Å². The highest BCUT2D eigenvalue weighted by molar-refractivity contribution is 9.10. The summed E-state index contributed by atoms with van der Waals surface area (Å²) in [6, 6.07) is 6.84. The van der Waals surface area contributed by atoms with E-state index >= 15 is 0 Å². The normalized spacial score (nSPS) is 11.9. The average Bonchev–Trinajstić information content (AvgIpc) is 2.38. The number of benzene rings is 1. The van der Waals surface area contributed by atoms with Crippen molar-refractivity contribution in [3.8, 4) is 0 Å². The van der Waals surface area contributed by atoms with Crippen LogP contribution in [0.2, 0.25) is 0 Å². The third-order valence-corrected chi connectivity index (χ3v) is 3.71. The number of nitrogens with zero attached hydrogens (tertiary/aromatic N) is 1. The van der Waals surface area contributed by atoms with Gasteiger partial charge in [0.05, 0.1) is 0 Å². The van der Waals surface area contributed by atoms with Crippen LogP contribution in [-0.4, -0.2) is 19.6 Å². The predicted molar refractivity (Wildman–Crippen MR) is 88.8 cm³/mol. The fourth-order valence-corrected chi connectivity index (χ4v) is 2.79. The topological polar surface area (TPSA) is 15.3 Å². The maximum absolute atomic E-state index is 3.80. The van der Waals surface area contributed by atoms with Crippen LogP contribution in [0, 0.1) is 0 Å². The minimum atomic E-state index is 0.348. The van der Waals surface area contributed by atoms with E-state index in [1.54, 1.807) is 0 Å². The van der Waals surface area contributed by atoms with E-state index in [4.69, 9.17) is 0 Å². The highest BCUT2D eigenvalue weighted by Gasteiger charge is 2.10. The number of hydrogen-bond donors (Lipinski definition) is 1. The van der Waals surface area contributed by atoms with E-state index in [-0.39, 0.29) is 0 Å². The van der Waals surface area contributed by atoms with Crippen molar-refractivity contribution >= 4 is 21.6 Å². The first-order chi connectivity index (χ1) is 9.13. The van der Waals surface area contributed by atoms with Crippen LogP contribution in [0.1, 0.15) is 25.5 Å². The standard InChI is InChI=1S/C16H23BrN2/c1-5-10-19(11-6-2)14-8-9-15(16(17)12-14)13(4)18-7-3/h5-6,8-9,12-13,18H,1-2,7,10-11H2,3-4H3. The Bertz CT molecular complexity index is 419. The van der Waals surface area contributed by atoms with E-state index in [1.165, 1.54) is 11.3 Å². The highest BCUT2D eigenvalue weighted by atomic mass is 79.9. The lowest BCUT2D eigenvalue weighted by atomic mass is 10.1. The van der Waals surface area contributed by atoms with E-state index in [2.05, 4.69) is 71.4 Å². The maximum atomic E-state index is 3.80. The van der Waals surface area contributed by atoms with E-state index in [0.717, 1.165) is 24.1 Å². The van der Waals surface area contributed by atoms with Gasteiger partial charge in [-0.1, -0.05) is 41.1 Å². The van der Waals surface area contributed by atoms with E-state index < -0.39 is 0 Å². The summed E-state index contributed by atoms with van der Waals surface area (Å²) in [6.07, 6.45) is 3.82. The molecule has 0 amide bonds.